The van der Waals surface area contributed by atoms with Gasteiger partial charge in [0, 0.05) is 6.07 Å². The summed E-state index contributed by atoms with van der Waals surface area (Å²) in [5.74, 6) is 1.13. The van der Waals surface area contributed by atoms with E-state index >= 15 is 0 Å². The summed E-state index contributed by atoms with van der Waals surface area (Å²) in [7, 11) is 0. The molecule has 0 aliphatic heterocycles. The van der Waals surface area contributed by atoms with Crippen molar-refractivity contribution >= 4 is 11.4 Å². The molecule has 3 aromatic rings. The number of anilines is 2. The maximum atomic E-state index is 6.00. The maximum Gasteiger partial charge on any atom is 0.146 e. The van der Waals surface area contributed by atoms with Crippen molar-refractivity contribution in [3.8, 4) is 11.5 Å². The zero-order chi connectivity index (χ0) is 16.8. The number of benzene rings is 3. The first-order valence-electron chi connectivity index (χ1n) is 7.75. The number of hydrogen-bond acceptors (Lipinski definition) is 4. The summed E-state index contributed by atoms with van der Waals surface area (Å²) in [6, 6.07) is 23.2. The number of ether oxygens (including phenoxy) is 2. The summed E-state index contributed by atoms with van der Waals surface area (Å²) in [5, 5.41) is 0. The minimum Gasteiger partial charge on any atom is -0.487 e. The second kappa shape index (κ2) is 7.42. The average Bonchev–Trinajstić information content (AvgIpc) is 2.62. The minimum atomic E-state index is 0.438. The Kier molecular flexibility index (Phi) is 4.87. The Labute approximate surface area is 141 Å². The quantitative estimate of drug-likeness (QED) is 0.673. The first-order valence-corrected chi connectivity index (χ1v) is 7.75. The molecule has 0 spiro atoms. The Morgan fingerprint density at radius 3 is 1.42 bits per heavy atom. The summed E-state index contributed by atoms with van der Waals surface area (Å²) >= 11 is 0. The van der Waals surface area contributed by atoms with Crippen LogP contribution in [0.2, 0.25) is 0 Å². The van der Waals surface area contributed by atoms with E-state index in [4.69, 9.17) is 20.9 Å². The van der Waals surface area contributed by atoms with Crippen LogP contribution < -0.4 is 20.9 Å². The van der Waals surface area contributed by atoms with Crippen molar-refractivity contribution in [1.29, 1.82) is 0 Å². The van der Waals surface area contributed by atoms with Crippen LogP contribution in [-0.2, 0) is 13.2 Å². The highest BCUT2D eigenvalue weighted by atomic mass is 16.5. The van der Waals surface area contributed by atoms with Gasteiger partial charge in [0.05, 0.1) is 11.4 Å². The van der Waals surface area contributed by atoms with Gasteiger partial charge in [0.2, 0.25) is 0 Å². The van der Waals surface area contributed by atoms with Crippen LogP contribution in [0, 0.1) is 0 Å². The van der Waals surface area contributed by atoms with Crippen molar-refractivity contribution in [3.05, 3.63) is 83.9 Å². The molecule has 0 saturated carbocycles. The molecular formula is C20H20N2O2. The molecule has 0 saturated heterocycles. The van der Waals surface area contributed by atoms with Gasteiger partial charge >= 0.3 is 0 Å². The molecule has 122 valence electrons. The number of nitrogens with two attached hydrogens (primary N) is 2. The Morgan fingerprint density at radius 1 is 0.583 bits per heavy atom. The normalized spacial score (nSPS) is 10.3. The van der Waals surface area contributed by atoms with Crippen LogP contribution >= 0.6 is 0 Å². The third kappa shape index (κ3) is 3.98. The van der Waals surface area contributed by atoms with Gasteiger partial charge in [0.1, 0.15) is 24.7 Å². The van der Waals surface area contributed by atoms with Gasteiger partial charge < -0.3 is 20.9 Å². The fourth-order valence-corrected chi connectivity index (χ4v) is 2.32. The molecule has 3 rings (SSSR count). The van der Waals surface area contributed by atoms with E-state index in [1.807, 2.05) is 60.7 Å². The molecule has 4 heteroatoms. The molecule has 0 amide bonds. The van der Waals surface area contributed by atoms with E-state index in [-0.39, 0.29) is 0 Å². The van der Waals surface area contributed by atoms with Gasteiger partial charge in [0.25, 0.3) is 0 Å². The van der Waals surface area contributed by atoms with Crippen LogP contribution in [0.5, 0.6) is 11.5 Å². The van der Waals surface area contributed by atoms with Gasteiger partial charge in [-0.3, -0.25) is 0 Å². The highest BCUT2D eigenvalue weighted by Crippen LogP contribution is 2.34. The Bertz CT molecular complexity index is 725. The predicted molar refractivity (Wildman–Crippen MR) is 96.8 cm³/mol. The summed E-state index contributed by atoms with van der Waals surface area (Å²) in [6.07, 6.45) is 0. The van der Waals surface area contributed by atoms with E-state index in [1.54, 1.807) is 12.1 Å². The Balaban J connectivity index is 1.71. The SMILES string of the molecule is Nc1cc(N)c(OCc2ccccc2)cc1OCc1ccccc1. The first kappa shape index (κ1) is 15.7. The van der Waals surface area contributed by atoms with Gasteiger partial charge in [-0.15, -0.1) is 0 Å². The summed E-state index contributed by atoms with van der Waals surface area (Å²) in [4.78, 5) is 0. The number of hydrogen-bond donors (Lipinski definition) is 2. The van der Waals surface area contributed by atoms with Crippen LogP contribution in [0.1, 0.15) is 11.1 Å². The smallest absolute Gasteiger partial charge is 0.146 e. The van der Waals surface area contributed by atoms with Gasteiger partial charge in [-0.1, -0.05) is 60.7 Å². The van der Waals surface area contributed by atoms with Crippen LogP contribution in [0.15, 0.2) is 72.8 Å². The molecule has 4 N–H and O–H groups in total. The highest BCUT2D eigenvalue weighted by Gasteiger charge is 2.09. The summed E-state index contributed by atoms with van der Waals surface area (Å²) < 4.78 is 11.6. The largest absolute Gasteiger partial charge is 0.487 e. The topological polar surface area (TPSA) is 70.5 Å². The molecule has 4 nitrogen and oxygen atoms in total. The lowest BCUT2D eigenvalue weighted by molar-refractivity contribution is 0.292. The molecule has 0 aliphatic rings. The van der Waals surface area contributed by atoms with Crippen LogP contribution in [0.4, 0.5) is 11.4 Å². The first-order chi connectivity index (χ1) is 11.7. The monoisotopic (exact) mass is 320 g/mol. The summed E-state index contributed by atoms with van der Waals surface area (Å²) in [6.45, 7) is 0.875. The van der Waals surface area contributed by atoms with Crippen molar-refractivity contribution in [2.75, 3.05) is 11.5 Å². The lowest BCUT2D eigenvalue weighted by Gasteiger charge is -2.14. The van der Waals surface area contributed by atoms with E-state index in [1.165, 1.54) is 0 Å². The van der Waals surface area contributed by atoms with Crippen molar-refractivity contribution in [1.82, 2.24) is 0 Å². The molecule has 0 fully saturated rings. The fraction of sp³-hybridized carbons (Fsp3) is 0.100. The molecule has 24 heavy (non-hydrogen) atoms. The van der Waals surface area contributed by atoms with Crippen molar-refractivity contribution in [2.24, 2.45) is 0 Å². The third-order valence-corrected chi connectivity index (χ3v) is 3.62. The third-order valence-electron chi connectivity index (χ3n) is 3.62. The van der Waals surface area contributed by atoms with E-state index < -0.39 is 0 Å². The zero-order valence-corrected chi connectivity index (χ0v) is 13.3. The number of rotatable bonds is 6. The van der Waals surface area contributed by atoms with E-state index in [0.717, 1.165) is 11.1 Å². The maximum absolute atomic E-state index is 6.00. The lowest BCUT2D eigenvalue weighted by atomic mass is 10.2. The van der Waals surface area contributed by atoms with Gasteiger partial charge in [-0.25, -0.2) is 0 Å². The molecule has 0 heterocycles. The fourth-order valence-electron chi connectivity index (χ4n) is 2.32. The number of nitrogen functional groups attached to an aromatic ring is 2. The second-order valence-electron chi connectivity index (χ2n) is 5.48. The standard InChI is InChI=1S/C20H20N2O2/c21-17-11-18(22)20(24-14-16-9-5-2-6-10-16)12-19(17)23-13-15-7-3-1-4-8-15/h1-12H,13-14,21-22H2. The van der Waals surface area contributed by atoms with E-state index in [0.29, 0.717) is 36.1 Å². The van der Waals surface area contributed by atoms with Crippen molar-refractivity contribution in [2.45, 2.75) is 13.2 Å². The molecule has 0 atom stereocenters. The van der Waals surface area contributed by atoms with Crippen molar-refractivity contribution < 1.29 is 9.47 Å². The van der Waals surface area contributed by atoms with Gasteiger partial charge in [0.15, 0.2) is 0 Å². The zero-order valence-electron chi connectivity index (χ0n) is 13.3. The second-order valence-corrected chi connectivity index (χ2v) is 5.48. The molecule has 0 radical (unpaired) electrons. The lowest BCUT2D eigenvalue weighted by Crippen LogP contribution is -2.03. The van der Waals surface area contributed by atoms with E-state index in [2.05, 4.69) is 0 Å². The van der Waals surface area contributed by atoms with Gasteiger partial charge in [-0.05, 0) is 17.2 Å². The predicted octanol–water partition coefficient (Wildman–Crippen LogP) is 4.01. The molecule has 3 aromatic carbocycles. The molecule has 0 unspecified atom stereocenters. The van der Waals surface area contributed by atoms with Gasteiger partial charge in [-0.2, -0.15) is 0 Å². The molecular weight excluding hydrogens is 300 g/mol. The summed E-state index contributed by atoms with van der Waals surface area (Å²) in [5.41, 5.74) is 15.1. The van der Waals surface area contributed by atoms with Crippen molar-refractivity contribution in [3.63, 3.8) is 0 Å². The average molecular weight is 320 g/mol. The van der Waals surface area contributed by atoms with E-state index in [9.17, 15) is 0 Å². The molecule has 0 aliphatic carbocycles. The van der Waals surface area contributed by atoms with Crippen LogP contribution in [0.25, 0.3) is 0 Å². The molecule has 0 aromatic heterocycles. The minimum absolute atomic E-state index is 0.438. The van der Waals surface area contributed by atoms with Crippen LogP contribution in [0.3, 0.4) is 0 Å². The Morgan fingerprint density at radius 2 is 1.00 bits per heavy atom. The molecule has 0 bridgehead atoms. The van der Waals surface area contributed by atoms with Crippen LogP contribution in [-0.4, -0.2) is 0 Å². The highest BCUT2D eigenvalue weighted by molar-refractivity contribution is 5.67. The Hall–Kier alpha value is -3.14.